The van der Waals surface area contributed by atoms with Gasteiger partial charge < -0.3 is 14.8 Å². The molecule has 1 aliphatic carbocycles. The lowest BCUT2D eigenvalue weighted by molar-refractivity contribution is -0.115. The van der Waals surface area contributed by atoms with Gasteiger partial charge in [-0.1, -0.05) is 19.3 Å². The standard InChI is InChI=1S/C18H27NO3S/c1-13(23-12-14-7-5-4-6-8-14)18(20)19-15-9-10-16(21-2)17(11-15)22-3/h9-11,13-14H,4-8,12H2,1-3H3,(H,19,20). The van der Waals surface area contributed by atoms with Crippen LogP contribution in [0.3, 0.4) is 0 Å². The summed E-state index contributed by atoms with van der Waals surface area (Å²) in [4.78, 5) is 12.3. The highest BCUT2D eigenvalue weighted by Gasteiger charge is 2.19. The zero-order valence-corrected chi connectivity index (χ0v) is 15.1. The topological polar surface area (TPSA) is 47.6 Å². The van der Waals surface area contributed by atoms with Gasteiger partial charge >= 0.3 is 0 Å². The molecule has 0 saturated heterocycles. The second-order valence-electron chi connectivity index (χ2n) is 6.04. The van der Waals surface area contributed by atoms with Gasteiger partial charge in [0.15, 0.2) is 11.5 Å². The van der Waals surface area contributed by atoms with E-state index >= 15 is 0 Å². The Morgan fingerprint density at radius 1 is 1.22 bits per heavy atom. The molecule has 1 unspecified atom stereocenters. The third-order valence-electron chi connectivity index (χ3n) is 4.33. The van der Waals surface area contributed by atoms with E-state index in [1.165, 1.54) is 32.1 Å². The SMILES string of the molecule is COc1ccc(NC(=O)C(C)SCC2CCCCC2)cc1OC. The zero-order valence-electron chi connectivity index (χ0n) is 14.3. The van der Waals surface area contributed by atoms with Crippen LogP contribution in [0.4, 0.5) is 5.69 Å². The van der Waals surface area contributed by atoms with Gasteiger partial charge in [-0.25, -0.2) is 0 Å². The van der Waals surface area contributed by atoms with Crippen LogP contribution in [0, 0.1) is 5.92 Å². The summed E-state index contributed by atoms with van der Waals surface area (Å²) in [6.45, 7) is 1.98. The van der Waals surface area contributed by atoms with Crippen LogP contribution in [0.5, 0.6) is 11.5 Å². The molecule has 128 valence electrons. The van der Waals surface area contributed by atoms with Gasteiger partial charge in [0.2, 0.25) is 5.91 Å². The van der Waals surface area contributed by atoms with Crippen molar-refractivity contribution in [1.82, 2.24) is 0 Å². The van der Waals surface area contributed by atoms with Crippen molar-refractivity contribution in [2.45, 2.75) is 44.3 Å². The highest BCUT2D eigenvalue weighted by molar-refractivity contribution is 8.00. The smallest absolute Gasteiger partial charge is 0.237 e. The van der Waals surface area contributed by atoms with Gasteiger partial charge in [-0.2, -0.15) is 0 Å². The Kier molecular flexibility index (Phi) is 7.09. The molecule has 0 spiro atoms. The lowest BCUT2D eigenvalue weighted by Crippen LogP contribution is -2.24. The van der Waals surface area contributed by atoms with E-state index in [0.717, 1.165) is 17.4 Å². The van der Waals surface area contributed by atoms with Crippen molar-refractivity contribution in [3.05, 3.63) is 18.2 Å². The van der Waals surface area contributed by atoms with E-state index in [9.17, 15) is 4.79 Å². The summed E-state index contributed by atoms with van der Waals surface area (Å²) < 4.78 is 10.5. The molecule has 0 bridgehead atoms. The molecule has 2 rings (SSSR count). The van der Waals surface area contributed by atoms with E-state index in [0.29, 0.717) is 11.5 Å². The first-order valence-electron chi connectivity index (χ1n) is 8.28. The van der Waals surface area contributed by atoms with E-state index in [1.807, 2.05) is 13.0 Å². The Hall–Kier alpha value is -1.36. The van der Waals surface area contributed by atoms with Crippen molar-refractivity contribution >= 4 is 23.4 Å². The van der Waals surface area contributed by atoms with Crippen LogP contribution in [-0.2, 0) is 4.79 Å². The van der Waals surface area contributed by atoms with Crippen molar-refractivity contribution in [1.29, 1.82) is 0 Å². The molecule has 1 amide bonds. The quantitative estimate of drug-likeness (QED) is 0.804. The van der Waals surface area contributed by atoms with Crippen LogP contribution in [0.15, 0.2) is 18.2 Å². The monoisotopic (exact) mass is 337 g/mol. The average molecular weight is 337 g/mol. The van der Waals surface area contributed by atoms with Crippen molar-refractivity contribution in [2.24, 2.45) is 5.92 Å². The van der Waals surface area contributed by atoms with Crippen LogP contribution in [0.1, 0.15) is 39.0 Å². The summed E-state index contributed by atoms with van der Waals surface area (Å²) in [6.07, 6.45) is 6.69. The van der Waals surface area contributed by atoms with E-state index in [1.54, 1.807) is 38.1 Å². The van der Waals surface area contributed by atoms with Crippen molar-refractivity contribution < 1.29 is 14.3 Å². The van der Waals surface area contributed by atoms with Crippen molar-refractivity contribution in [2.75, 3.05) is 25.3 Å². The fourth-order valence-electron chi connectivity index (χ4n) is 2.87. The first-order valence-corrected chi connectivity index (χ1v) is 9.33. The number of amides is 1. The molecule has 1 aromatic carbocycles. The number of methoxy groups -OCH3 is 2. The number of ether oxygens (including phenoxy) is 2. The molecule has 1 aliphatic rings. The minimum absolute atomic E-state index is 0.0398. The summed E-state index contributed by atoms with van der Waals surface area (Å²) >= 11 is 1.76. The van der Waals surface area contributed by atoms with E-state index in [4.69, 9.17) is 9.47 Å². The Bertz CT molecular complexity index is 515. The van der Waals surface area contributed by atoms with E-state index in [2.05, 4.69) is 5.32 Å². The first-order chi connectivity index (χ1) is 11.1. The first kappa shape index (κ1) is 18.0. The molecule has 0 aromatic heterocycles. The number of thioether (sulfide) groups is 1. The molecule has 23 heavy (non-hydrogen) atoms. The summed E-state index contributed by atoms with van der Waals surface area (Å²) in [5.41, 5.74) is 0.734. The zero-order chi connectivity index (χ0) is 16.7. The van der Waals surface area contributed by atoms with Crippen LogP contribution in [0.2, 0.25) is 0 Å². The summed E-state index contributed by atoms with van der Waals surface area (Å²) in [5.74, 6) is 3.18. The van der Waals surface area contributed by atoms with E-state index < -0.39 is 0 Å². The molecular formula is C18H27NO3S. The number of nitrogens with one attached hydrogen (secondary N) is 1. The number of hydrogen-bond acceptors (Lipinski definition) is 4. The van der Waals surface area contributed by atoms with Gasteiger partial charge in [0, 0.05) is 11.8 Å². The van der Waals surface area contributed by atoms with E-state index in [-0.39, 0.29) is 11.2 Å². The number of carbonyl (C=O) groups is 1. The highest BCUT2D eigenvalue weighted by Crippen LogP contribution is 2.31. The maximum Gasteiger partial charge on any atom is 0.237 e. The van der Waals surface area contributed by atoms with Crippen molar-refractivity contribution in [3.8, 4) is 11.5 Å². The molecule has 0 heterocycles. The summed E-state index contributed by atoms with van der Waals surface area (Å²) in [6, 6.07) is 5.42. The number of benzene rings is 1. The summed E-state index contributed by atoms with van der Waals surface area (Å²) in [5, 5.41) is 2.91. The molecule has 1 N–H and O–H groups in total. The normalized spacial score (nSPS) is 16.7. The number of rotatable bonds is 7. The predicted molar refractivity (Wildman–Crippen MR) is 96.7 cm³/mol. The van der Waals surface area contributed by atoms with Gasteiger partial charge in [-0.3, -0.25) is 4.79 Å². The molecule has 1 saturated carbocycles. The number of hydrogen-bond donors (Lipinski definition) is 1. The van der Waals surface area contributed by atoms with Crippen LogP contribution in [-0.4, -0.2) is 31.1 Å². The summed E-state index contributed by atoms with van der Waals surface area (Å²) in [7, 11) is 3.19. The molecule has 1 aromatic rings. The highest BCUT2D eigenvalue weighted by atomic mass is 32.2. The fourth-order valence-corrected chi connectivity index (χ4v) is 3.97. The predicted octanol–water partition coefficient (Wildman–Crippen LogP) is 4.34. The number of anilines is 1. The Balaban J connectivity index is 1.85. The molecular weight excluding hydrogens is 310 g/mol. The van der Waals surface area contributed by atoms with Gasteiger partial charge in [0.1, 0.15) is 0 Å². The average Bonchev–Trinajstić information content (AvgIpc) is 2.60. The molecule has 1 atom stereocenters. The van der Waals surface area contributed by atoms with Crippen LogP contribution in [0.25, 0.3) is 0 Å². The lowest BCUT2D eigenvalue weighted by atomic mass is 9.91. The minimum Gasteiger partial charge on any atom is -0.493 e. The molecule has 0 aliphatic heterocycles. The van der Waals surface area contributed by atoms with Gasteiger partial charge in [-0.05, 0) is 43.6 Å². The second kappa shape index (κ2) is 9.06. The fraction of sp³-hybridized carbons (Fsp3) is 0.611. The van der Waals surface area contributed by atoms with Gasteiger partial charge in [-0.15, -0.1) is 11.8 Å². The third kappa shape index (κ3) is 5.34. The van der Waals surface area contributed by atoms with Crippen LogP contribution >= 0.6 is 11.8 Å². The maximum absolute atomic E-state index is 12.3. The maximum atomic E-state index is 12.3. The molecule has 4 nitrogen and oxygen atoms in total. The second-order valence-corrected chi connectivity index (χ2v) is 7.41. The van der Waals surface area contributed by atoms with Gasteiger partial charge in [0.05, 0.1) is 19.5 Å². The lowest BCUT2D eigenvalue weighted by Gasteiger charge is -2.22. The Labute approximate surface area is 143 Å². The Morgan fingerprint density at radius 3 is 2.57 bits per heavy atom. The Morgan fingerprint density at radius 2 is 1.91 bits per heavy atom. The minimum atomic E-state index is -0.0509. The van der Waals surface area contributed by atoms with Crippen molar-refractivity contribution in [3.63, 3.8) is 0 Å². The van der Waals surface area contributed by atoms with Crippen LogP contribution < -0.4 is 14.8 Å². The molecule has 5 heteroatoms. The molecule has 1 fully saturated rings. The third-order valence-corrected chi connectivity index (χ3v) is 5.70. The largest absolute Gasteiger partial charge is 0.493 e. The molecule has 0 radical (unpaired) electrons. The number of carbonyl (C=O) groups excluding carboxylic acids is 1. The van der Waals surface area contributed by atoms with Gasteiger partial charge in [0.25, 0.3) is 0 Å².